The van der Waals surface area contributed by atoms with Gasteiger partial charge in [-0.25, -0.2) is 0 Å². The summed E-state index contributed by atoms with van der Waals surface area (Å²) in [5, 5.41) is 17.0. The van der Waals surface area contributed by atoms with Crippen LogP contribution in [0.25, 0.3) is 0 Å². The number of hydrogen-bond acceptors (Lipinski definition) is 4. The van der Waals surface area contributed by atoms with E-state index in [1.54, 1.807) is 11.9 Å². The lowest BCUT2D eigenvalue weighted by atomic mass is 9.87. The van der Waals surface area contributed by atoms with Crippen LogP contribution >= 0.6 is 0 Å². The summed E-state index contributed by atoms with van der Waals surface area (Å²) >= 11 is 0. The van der Waals surface area contributed by atoms with Crippen LogP contribution in [0.15, 0.2) is 6.20 Å². The molecule has 19 heavy (non-hydrogen) atoms. The summed E-state index contributed by atoms with van der Waals surface area (Å²) in [7, 11) is 1.65. The molecule has 7 nitrogen and oxygen atoms in total. The maximum absolute atomic E-state index is 12.4. The first-order valence-corrected chi connectivity index (χ1v) is 6.32. The number of amides is 1. The Morgan fingerprint density at radius 2 is 1.89 bits per heavy atom. The summed E-state index contributed by atoms with van der Waals surface area (Å²) in [6.07, 6.45) is 2.39. The molecule has 0 spiro atoms. The first-order valence-electron chi connectivity index (χ1n) is 6.32. The van der Waals surface area contributed by atoms with Gasteiger partial charge in [0.1, 0.15) is 0 Å². The molecule has 1 saturated heterocycles. The molecule has 0 bridgehead atoms. The largest absolute Gasteiger partial charge is 0.481 e. The number of hydrogen-bond donors (Lipinski definition) is 1. The fourth-order valence-corrected chi connectivity index (χ4v) is 2.76. The number of nitrogens with zero attached hydrogens (tertiary/aromatic N) is 4. The predicted molar refractivity (Wildman–Crippen MR) is 66.5 cm³/mol. The third-order valence-electron chi connectivity index (χ3n) is 3.60. The number of rotatable bonds is 2. The molecule has 0 aromatic carbocycles. The first kappa shape index (κ1) is 13.5. The highest BCUT2D eigenvalue weighted by atomic mass is 16.4. The maximum atomic E-state index is 12.4. The van der Waals surface area contributed by atoms with Crippen LogP contribution in [0.2, 0.25) is 0 Å². The van der Waals surface area contributed by atoms with Crippen LogP contribution in [-0.4, -0.2) is 49.0 Å². The third-order valence-corrected chi connectivity index (χ3v) is 3.60. The molecular formula is C12H18N4O3. The Bertz CT molecular complexity index is 487. The molecule has 1 N–H and O–H groups in total. The molecule has 1 aliphatic heterocycles. The van der Waals surface area contributed by atoms with E-state index in [9.17, 15) is 9.59 Å². The number of piperidine rings is 1. The molecule has 2 rings (SSSR count). The summed E-state index contributed by atoms with van der Waals surface area (Å²) < 4.78 is 0. The zero-order valence-electron chi connectivity index (χ0n) is 11.3. The van der Waals surface area contributed by atoms with Crippen molar-refractivity contribution in [2.75, 3.05) is 0 Å². The minimum atomic E-state index is -0.787. The molecule has 2 atom stereocenters. The van der Waals surface area contributed by atoms with Crippen molar-refractivity contribution in [3.63, 3.8) is 0 Å². The predicted octanol–water partition coefficient (Wildman–Crippen LogP) is 0.529. The van der Waals surface area contributed by atoms with Gasteiger partial charge in [0.2, 0.25) is 0 Å². The van der Waals surface area contributed by atoms with E-state index in [4.69, 9.17) is 5.11 Å². The Morgan fingerprint density at radius 3 is 2.32 bits per heavy atom. The lowest BCUT2D eigenvalue weighted by Crippen LogP contribution is -2.51. The van der Waals surface area contributed by atoms with Crippen molar-refractivity contribution in [2.24, 2.45) is 13.0 Å². The van der Waals surface area contributed by atoms with Crippen molar-refractivity contribution in [2.45, 2.75) is 38.8 Å². The second-order valence-corrected chi connectivity index (χ2v) is 5.14. The lowest BCUT2D eigenvalue weighted by molar-refractivity contribution is -0.144. The molecule has 2 unspecified atom stereocenters. The Morgan fingerprint density at radius 1 is 1.32 bits per heavy atom. The molecule has 1 fully saturated rings. The van der Waals surface area contributed by atoms with Gasteiger partial charge in [0.15, 0.2) is 5.69 Å². The summed E-state index contributed by atoms with van der Waals surface area (Å²) in [4.78, 5) is 26.5. The van der Waals surface area contributed by atoms with Gasteiger partial charge in [0.25, 0.3) is 5.91 Å². The molecule has 1 amide bonds. The van der Waals surface area contributed by atoms with Crippen LogP contribution < -0.4 is 0 Å². The molecule has 0 aliphatic carbocycles. The molecule has 0 radical (unpaired) electrons. The van der Waals surface area contributed by atoms with Crippen molar-refractivity contribution in [1.29, 1.82) is 0 Å². The van der Waals surface area contributed by atoms with Crippen molar-refractivity contribution >= 4 is 11.9 Å². The highest BCUT2D eigenvalue weighted by Crippen LogP contribution is 2.28. The topological polar surface area (TPSA) is 88.3 Å². The molecule has 1 aliphatic rings. The minimum absolute atomic E-state index is 0.112. The monoisotopic (exact) mass is 266 g/mol. The van der Waals surface area contributed by atoms with Gasteiger partial charge < -0.3 is 10.0 Å². The highest BCUT2D eigenvalue weighted by Gasteiger charge is 2.37. The Balaban J connectivity index is 2.16. The number of carbonyl (C=O) groups excluding carboxylic acids is 1. The number of aromatic nitrogens is 3. The van der Waals surface area contributed by atoms with Crippen LogP contribution in [0.4, 0.5) is 0 Å². The van der Waals surface area contributed by atoms with Gasteiger partial charge in [0, 0.05) is 19.1 Å². The Kier molecular flexibility index (Phi) is 3.55. The normalized spacial score (nSPS) is 27.3. The third kappa shape index (κ3) is 2.59. The molecule has 2 heterocycles. The number of aryl methyl sites for hydroxylation is 1. The van der Waals surface area contributed by atoms with Crippen LogP contribution in [0.3, 0.4) is 0 Å². The molecule has 0 saturated carbocycles. The number of carbonyl (C=O) groups is 2. The minimum Gasteiger partial charge on any atom is -0.481 e. The SMILES string of the molecule is CC1CC(C(=O)O)CC(C)N1C(=O)c1cnn(C)n1. The molecule has 7 heteroatoms. The van der Waals surface area contributed by atoms with E-state index < -0.39 is 5.97 Å². The first-order chi connectivity index (χ1) is 8.90. The van der Waals surface area contributed by atoms with E-state index in [0.29, 0.717) is 18.5 Å². The fourth-order valence-electron chi connectivity index (χ4n) is 2.76. The van der Waals surface area contributed by atoms with Gasteiger partial charge in [-0.2, -0.15) is 9.90 Å². The maximum Gasteiger partial charge on any atom is 0.306 e. The molecular weight excluding hydrogens is 248 g/mol. The molecule has 1 aromatic heterocycles. The van der Waals surface area contributed by atoms with Crippen LogP contribution in [-0.2, 0) is 11.8 Å². The second kappa shape index (κ2) is 4.99. The smallest absolute Gasteiger partial charge is 0.306 e. The van der Waals surface area contributed by atoms with Gasteiger partial charge in [0.05, 0.1) is 12.1 Å². The van der Waals surface area contributed by atoms with Crippen LogP contribution in [0, 0.1) is 5.92 Å². The summed E-state index contributed by atoms with van der Waals surface area (Å²) in [6, 6.07) is -0.223. The average Bonchev–Trinajstić information content (AvgIpc) is 2.74. The van der Waals surface area contributed by atoms with E-state index >= 15 is 0 Å². The number of aliphatic carboxylic acids is 1. The van der Waals surface area contributed by atoms with Crippen LogP contribution in [0.5, 0.6) is 0 Å². The molecule has 104 valence electrons. The van der Waals surface area contributed by atoms with Crippen molar-refractivity contribution in [1.82, 2.24) is 19.9 Å². The van der Waals surface area contributed by atoms with E-state index in [1.165, 1.54) is 11.0 Å². The molecule has 1 aromatic rings. The number of carboxylic acids is 1. The second-order valence-electron chi connectivity index (χ2n) is 5.14. The number of carboxylic acid groups (broad SMARTS) is 1. The van der Waals surface area contributed by atoms with Crippen LogP contribution in [0.1, 0.15) is 37.2 Å². The van der Waals surface area contributed by atoms with Gasteiger partial charge in [-0.05, 0) is 26.7 Å². The summed E-state index contributed by atoms with van der Waals surface area (Å²) in [6.45, 7) is 3.75. The van der Waals surface area contributed by atoms with Crippen molar-refractivity contribution < 1.29 is 14.7 Å². The number of likely N-dealkylation sites (tertiary alicyclic amines) is 1. The van der Waals surface area contributed by atoms with Crippen molar-refractivity contribution in [3.05, 3.63) is 11.9 Å². The fraction of sp³-hybridized carbons (Fsp3) is 0.667. The lowest BCUT2D eigenvalue weighted by Gasteiger charge is -2.41. The highest BCUT2D eigenvalue weighted by molar-refractivity contribution is 5.92. The van der Waals surface area contributed by atoms with Gasteiger partial charge in [-0.15, -0.1) is 5.10 Å². The van der Waals surface area contributed by atoms with E-state index in [0.717, 1.165) is 0 Å². The summed E-state index contributed by atoms with van der Waals surface area (Å²) in [5.74, 6) is -1.35. The van der Waals surface area contributed by atoms with E-state index in [1.807, 2.05) is 13.8 Å². The standard InChI is InChI=1S/C12H18N4O3/c1-7-4-9(12(18)19)5-8(2)16(7)11(17)10-6-13-15(3)14-10/h6-9H,4-5H2,1-3H3,(H,18,19). The Labute approximate surface area is 111 Å². The van der Waals surface area contributed by atoms with E-state index in [2.05, 4.69) is 10.2 Å². The zero-order chi connectivity index (χ0) is 14.2. The quantitative estimate of drug-likeness (QED) is 0.843. The van der Waals surface area contributed by atoms with Crippen molar-refractivity contribution in [3.8, 4) is 0 Å². The summed E-state index contributed by atoms with van der Waals surface area (Å²) in [5.41, 5.74) is 0.301. The average molecular weight is 266 g/mol. The van der Waals surface area contributed by atoms with E-state index in [-0.39, 0.29) is 23.9 Å². The van der Waals surface area contributed by atoms with Gasteiger partial charge in [-0.1, -0.05) is 0 Å². The van der Waals surface area contributed by atoms with Gasteiger partial charge >= 0.3 is 5.97 Å². The zero-order valence-corrected chi connectivity index (χ0v) is 11.3. The Hall–Kier alpha value is -1.92. The van der Waals surface area contributed by atoms with Gasteiger partial charge in [-0.3, -0.25) is 9.59 Å².